The van der Waals surface area contributed by atoms with E-state index in [1.165, 1.54) is 17.4 Å². The van der Waals surface area contributed by atoms with Crippen LogP contribution in [-0.4, -0.2) is 31.0 Å². The SMILES string of the molecule is CNC(=O)C1CCN(c2nc3c(F)cc(F)cc3s2)C1. The molecule has 1 aliphatic heterocycles. The molecule has 2 heterocycles. The van der Waals surface area contributed by atoms with Crippen molar-refractivity contribution in [2.45, 2.75) is 6.42 Å². The Morgan fingerprint density at radius 3 is 3.05 bits per heavy atom. The summed E-state index contributed by atoms with van der Waals surface area (Å²) < 4.78 is 27.3. The zero-order valence-electron chi connectivity index (χ0n) is 10.8. The Bertz CT molecular complexity index is 673. The molecule has 1 amide bonds. The van der Waals surface area contributed by atoms with Gasteiger partial charge < -0.3 is 10.2 Å². The summed E-state index contributed by atoms with van der Waals surface area (Å²) in [7, 11) is 1.61. The summed E-state index contributed by atoms with van der Waals surface area (Å²) in [5.74, 6) is -1.32. The van der Waals surface area contributed by atoms with Crippen LogP contribution < -0.4 is 10.2 Å². The van der Waals surface area contributed by atoms with E-state index in [1.807, 2.05) is 4.90 Å². The third kappa shape index (κ3) is 2.22. The lowest BCUT2D eigenvalue weighted by Gasteiger charge is -2.13. The molecule has 20 heavy (non-hydrogen) atoms. The molecule has 3 rings (SSSR count). The van der Waals surface area contributed by atoms with Crippen molar-refractivity contribution in [1.29, 1.82) is 0 Å². The number of thiazole rings is 1. The quantitative estimate of drug-likeness (QED) is 0.924. The van der Waals surface area contributed by atoms with Crippen LogP contribution in [0.4, 0.5) is 13.9 Å². The minimum Gasteiger partial charge on any atom is -0.359 e. The zero-order valence-corrected chi connectivity index (χ0v) is 11.6. The third-order valence-electron chi connectivity index (χ3n) is 3.48. The first-order valence-corrected chi connectivity index (χ1v) is 7.12. The molecule has 7 heteroatoms. The smallest absolute Gasteiger partial charge is 0.224 e. The maximum absolute atomic E-state index is 13.6. The minimum absolute atomic E-state index is 0.00540. The van der Waals surface area contributed by atoms with E-state index in [4.69, 9.17) is 0 Å². The molecule has 1 N–H and O–H groups in total. The van der Waals surface area contributed by atoms with Gasteiger partial charge in [-0.3, -0.25) is 4.79 Å². The summed E-state index contributed by atoms with van der Waals surface area (Å²) in [6.45, 7) is 1.26. The summed E-state index contributed by atoms with van der Waals surface area (Å²) in [5, 5.41) is 3.26. The number of fused-ring (bicyclic) bond motifs is 1. The lowest BCUT2D eigenvalue weighted by molar-refractivity contribution is -0.123. The molecular weight excluding hydrogens is 284 g/mol. The highest BCUT2D eigenvalue weighted by molar-refractivity contribution is 7.22. The molecule has 1 fully saturated rings. The predicted octanol–water partition coefficient (Wildman–Crippen LogP) is 2.15. The van der Waals surface area contributed by atoms with Crippen molar-refractivity contribution in [2.24, 2.45) is 5.92 Å². The number of nitrogens with one attached hydrogen (secondary N) is 1. The molecule has 1 unspecified atom stereocenters. The van der Waals surface area contributed by atoms with Gasteiger partial charge in [-0.05, 0) is 12.5 Å². The maximum atomic E-state index is 13.6. The van der Waals surface area contributed by atoms with Crippen LogP contribution in [0.5, 0.6) is 0 Å². The first-order chi connectivity index (χ1) is 9.58. The molecule has 1 aromatic heterocycles. The van der Waals surface area contributed by atoms with E-state index in [1.54, 1.807) is 7.05 Å². The Morgan fingerprint density at radius 2 is 2.30 bits per heavy atom. The van der Waals surface area contributed by atoms with Crippen molar-refractivity contribution in [2.75, 3.05) is 25.0 Å². The van der Waals surface area contributed by atoms with Crippen molar-refractivity contribution in [3.8, 4) is 0 Å². The molecule has 1 atom stereocenters. The molecule has 4 nitrogen and oxygen atoms in total. The second kappa shape index (κ2) is 4.97. The van der Waals surface area contributed by atoms with Crippen LogP contribution in [0.1, 0.15) is 6.42 Å². The van der Waals surface area contributed by atoms with Gasteiger partial charge in [0.2, 0.25) is 5.91 Å². The molecule has 0 radical (unpaired) electrons. The Morgan fingerprint density at radius 1 is 1.50 bits per heavy atom. The molecule has 0 aliphatic carbocycles. The number of nitrogens with zero attached hydrogens (tertiary/aromatic N) is 2. The highest BCUT2D eigenvalue weighted by atomic mass is 32.1. The molecule has 1 aromatic carbocycles. The van der Waals surface area contributed by atoms with E-state index >= 15 is 0 Å². The Kier molecular flexibility index (Phi) is 3.29. The lowest BCUT2D eigenvalue weighted by atomic mass is 10.1. The van der Waals surface area contributed by atoms with Gasteiger partial charge in [0, 0.05) is 26.2 Å². The molecule has 106 valence electrons. The molecule has 1 aliphatic rings. The Balaban J connectivity index is 1.88. The first kappa shape index (κ1) is 13.2. The van der Waals surface area contributed by atoms with Gasteiger partial charge in [0.1, 0.15) is 11.3 Å². The number of aromatic nitrogens is 1. The lowest BCUT2D eigenvalue weighted by Crippen LogP contribution is -2.30. The molecule has 0 saturated carbocycles. The van der Waals surface area contributed by atoms with Gasteiger partial charge in [-0.15, -0.1) is 0 Å². The van der Waals surface area contributed by atoms with Gasteiger partial charge in [0.05, 0.1) is 10.6 Å². The van der Waals surface area contributed by atoms with Crippen LogP contribution in [0.15, 0.2) is 12.1 Å². The predicted molar refractivity (Wildman–Crippen MR) is 73.9 cm³/mol. The molecule has 2 aromatic rings. The van der Waals surface area contributed by atoms with Gasteiger partial charge in [-0.2, -0.15) is 0 Å². The zero-order chi connectivity index (χ0) is 14.3. The summed E-state index contributed by atoms with van der Waals surface area (Å²) in [4.78, 5) is 17.8. The van der Waals surface area contributed by atoms with E-state index in [2.05, 4.69) is 10.3 Å². The number of anilines is 1. The van der Waals surface area contributed by atoms with E-state index in [9.17, 15) is 13.6 Å². The van der Waals surface area contributed by atoms with E-state index in [-0.39, 0.29) is 17.3 Å². The average Bonchev–Trinajstić information content (AvgIpc) is 3.03. The van der Waals surface area contributed by atoms with Crippen LogP contribution in [0.2, 0.25) is 0 Å². The first-order valence-electron chi connectivity index (χ1n) is 6.30. The fourth-order valence-corrected chi connectivity index (χ4v) is 3.47. The van der Waals surface area contributed by atoms with Crippen molar-refractivity contribution in [3.63, 3.8) is 0 Å². The third-order valence-corrected chi connectivity index (χ3v) is 4.54. The number of amides is 1. The maximum Gasteiger partial charge on any atom is 0.224 e. The summed E-state index contributed by atoms with van der Waals surface area (Å²) in [6, 6.07) is 2.12. The molecule has 0 bridgehead atoms. The van der Waals surface area contributed by atoms with Crippen molar-refractivity contribution in [3.05, 3.63) is 23.8 Å². The van der Waals surface area contributed by atoms with E-state index in [0.717, 1.165) is 12.5 Å². The standard InChI is InChI=1S/C13H13F2N3OS/c1-16-12(19)7-2-3-18(6-7)13-17-11-9(15)4-8(14)5-10(11)20-13/h4-5,7H,2-3,6H2,1H3,(H,16,19). The summed E-state index contributed by atoms with van der Waals surface area (Å²) >= 11 is 1.25. The second-order valence-electron chi connectivity index (χ2n) is 4.78. The van der Waals surface area contributed by atoms with Crippen LogP contribution in [0.3, 0.4) is 0 Å². The normalized spacial score (nSPS) is 18.8. The van der Waals surface area contributed by atoms with E-state index < -0.39 is 11.6 Å². The number of hydrogen-bond donors (Lipinski definition) is 1. The Labute approximate surface area is 118 Å². The average molecular weight is 297 g/mol. The monoisotopic (exact) mass is 297 g/mol. The Hall–Kier alpha value is -1.76. The van der Waals surface area contributed by atoms with Crippen LogP contribution in [0.25, 0.3) is 10.2 Å². The highest BCUT2D eigenvalue weighted by Gasteiger charge is 2.29. The van der Waals surface area contributed by atoms with Gasteiger partial charge in [-0.25, -0.2) is 13.8 Å². The van der Waals surface area contributed by atoms with Gasteiger partial charge >= 0.3 is 0 Å². The van der Waals surface area contributed by atoms with Crippen molar-refractivity contribution < 1.29 is 13.6 Å². The minimum atomic E-state index is -0.649. The molecular formula is C13H13F2N3OS. The largest absolute Gasteiger partial charge is 0.359 e. The van der Waals surface area contributed by atoms with Gasteiger partial charge in [0.25, 0.3) is 0 Å². The number of hydrogen-bond acceptors (Lipinski definition) is 4. The second-order valence-corrected chi connectivity index (χ2v) is 5.79. The van der Waals surface area contributed by atoms with Crippen molar-refractivity contribution in [1.82, 2.24) is 10.3 Å². The number of benzene rings is 1. The number of halogens is 2. The number of carbonyl (C=O) groups is 1. The fourth-order valence-electron chi connectivity index (χ4n) is 2.43. The topological polar surface area (TPSA) is 45.2 Å². The molecule has 0 spiro atoms. The summed E-state index contributed by atoms with van der Waals surface area (Å²) in [5.41, 5.74) is 0.190. The number of rotatable bonds is 2. The van der Waals surface area contributed by atoms with E-state index in [0.29, 0.717) is 22.9 Å². The van der Waals surface area contributed by atoms with Gasteiger partial charge in [-0.1, -0.05) is 11.3 Å². The number of carbonyl (C=O) groups excluding carboxylic acids is 1. The van der Waals surface area contributed by atoms with Crippen molar-refractivity contribution >= 4 is 32.6 Å². The van der Waals surface area contributed by atoms with Crippen LogP contribution in [0, 0.1) is 17.6 Å². The van der Waals surface area contributed by atoms with Gasteiger partial charge in [0.15, 0.2) is 10.9 Å². The highest BCUT2D eigenvalue weighted by Crippen LogP contribution is 2.33. The molecule has 1 saturated heterocycles. The summed E-state index contributed by atoms with van der Waals surface area (Å²) in [6.07, 6.45) is 0.743. The fraction of sp³-hybridized carbons (Fsp3) is 0.385. The van der Waals surface area contributed by atoms with Crippen LogP contribution >= 0.6 is 11.3 Å². The van der Waals surface area contributed by atoms with Crippen LogP contribution in [-0.2, 0) is 4.79 Å².